The van der Waals surface area contributed by atoms with Crippen LogP contribution in [-0.2, 0) is 10.1 Å². The van der Waals surface area contributed by atoms with E-state index in [2.05, 4.69) is 31.9 Å². The highest BCUT2D eigenvalue weighted by molar-refractivity contribution is 9.09. The molecule has 80 valence electrons. The Morgan fingerprint density at radius 2 is 2.20 bits per heavy atom. The van der Waals surface area contributed by atoms with Crippen LogP contribution in [0.3, 0.4) is 0 Å². The van der Waals surface area contributed by atoms with Gasteiger partial charge in [-0.2, -0.15) is 0 Å². The number of rotatable bonds is 4. The minimum absolute atomic E-state index is 0.00787. The highest BCUT2D eigenvalue weighted by Gasteiger charge is 2.19. The Labute approximate surface area is 105 Å². The van der Waals surface area contributed by atoms with Gasteiger partial charge >= 0.3 is 0 Å². The molecule has 1 atom stereocenters. The summed E-state index contributed by atoms with van der Waals surface area (Å²) < 4.78 is 0. The third-order valence-electron chi connectivity index (χ3n) is 2.11. The molecule has 1 aromatic carbocycles. The summed E-state index contributed by atoms with van der Waals surface area (Å²) in [6.45, 7) is 1.50. The van der Waals surface area contributed by atoms with E-state index in [9.17, 15) is 9.59 Å². The van der Waals surface area contributed by atoms with E-state index in [1.807, 2.05) is 12.1 Å². The maximum Gasteiger partial charge on any atom is 0.150 e. The molecule has 0 saturated carbocycles. The maximum absolute atomic E-state index is 11.3. The molecule has 0 amide bonds. The largest absolute Gasteiger partial charge is 0.298 e. The number of ketones is 1. The first-order chi connectivity index (χ1) is 7.11. The van der Waals surface area contributed by atoms with Gasteiger partial charge in [0.05, 0.1) is 4.83 Å². The van der Waals surface area contributed by atoms with Crippen molar-refractivity contribution in [2.24, 2.45) is 0 Å². The average molecular weight is 334 g/mol. The van der Waals surface area contributed by atoms with Crippen LogP contribution < -0.4 is 0 Å². The maximum atomic E-state index is 11.3. The smallest absolute Gasteiger partial charge is 0.150 e. The number of halogens is 2. The molecule has 0 fully saturated rings. The van der Waals surface area contributed by atoms with Crippen molar-refractivity contribution in [3.63, 3.8) is 0 Å². The van der Waals surface area contributed by atoms with E-state index < -0.39 is 4.83 Å². The summed E-state index contributed by atoms with van der Waals surface area (Å²) in [4.78, 5) is 21.8. The van der Waals surface area contributed by atoms with Crippen molar-refractivity contribution in [2.75, 3.05) is 0 Å². The average Bonchev–Trinajstić information content (AvgIpc) is 2.26. The van der Waals surface area contributed by atoms with Crippen molar-refractivity contribution in [3.8, 4) is 0 Å². The summed E-state index contributed by atoms with van der Waals surface area (Å²) in [5.41, 5.74) is 2.28. The van der Waals surface area contributed by atoms with Crippen molar-refractivity contribution in [2.45, 2.75) is 17.1 Å². The van der Waals surface area contributed by atoms with Crippen LogP contribution in [-0.4, -0.2) is 12.1 Å². The zero-order valence-corrected chi connectivity index (χ0v) is 11.3. The Morgan fingerprint density at radius 3 is 2.67 bits per heavy atom. The van der Waals surface area contributed by atoms with E-state index in [0.717, 1.165) is 17.4 Å². The van der Waals surface area contributed by atoms with Gasteiger partial charge in [-0.25, -0.2) is 0 Å². The number of hydrogen-bond acceptors (Lipinski definition) is 2. The first-order valence-corrected chi connectivity index (χ1v) is 6.43. The molecular formula is C11H10Br2O2. The number of carbonyl (C=O) groups excluding carboxylic acids is 2. The van der Waals surface area contributed by atoms with Crippen LogP contribution in [0.1, 0.15) is 33.2 Å². The predicted octanol–water partition coefficient (Wildman–Crippen LogP) is 3.42. The molecule has 0 N–H and O–H groups in total. The fourth-order valence-electron chi connectivity index (χ4n) is 1.36. The van der Waals surface area contributed by atoms with Gasteiger partial charge in [-0.3, -0.25) is 9.59 Å². The SMILES string of the molecule is CC(=O)C(Br)c1c(C=O)cccc1CBr. The lowest BCUT2D eigenvalue weighted by Crippen LogP contribution is -2.07. The molecule has 0 aliphatic heterocycles. The van der Waals surface area contributed by atoms with Crippen LogP contribution in [0.5, 0.6) is 0 Å². The molecule has 1 rings (SSSR count). The summed E-state index contributed by atoms with van der Waals surface area (Å²) in [5, 5.41) is 0.624. The summed E-state index contributed by atoms with van der Waals surface area (Å²) in [6, 6.07) is 5.42. The van der Waals surface area contributed by atoms with Crippen LogP contribution in [0.2, 0.25) is 0 Å². The third kappa shape index (κ3) is 2.75. The lowest BCUT2D eigenvalue weighted by molar-refractivity contribution is -0.116. The Bertz CT molecular complexity index is 388. The molecule has 0 aliphatic carbocycles. The fourth-order valence-corrected chi connectivity index (χ4v) is 2.41. The molecule has 1 aromatic rings. The summed E-state index contributed by atoms with van der Waals surface area (Å²) >= 11 is 6.65. The zero-order chi connectivity index (χ0) is 11.4. The van der Waals surface area contributed by atoms with Crippen molar-refractivity contribution in [1.29, 1.82) is 0 Å². The molecule has 0 aromatic heterocycles. The molecule has 1 unspecified atom stereocenters. The van der Waals surface area contributed by atoms with E-state index in [4.69, 9.17) is 0 Å². The second-order valence-corrected chi connectivity index (χ2v) is 4.62. The van der Waals surface area contributed by atoms with Gasteiger partial charge in [0, 0.05) is 10.9 Å². The van der Waals surface area contributed by atoms with Crippen LogP contribution in [0.25, 0.3) is 0 Å². The third-order valence-corrected chi connectivity index (χ3v) is 3.82. The molecule has 4 heteroatoms. The minimum atomic E-state index is -0.411. The van der Waals surface area contributed by atoms with Crippen molar-refractivity contribution in [3.05, 3.63) is 34.9 Å². The summed E-state index contributed by atoms with van der Waals surface area (Å²) in [6.07, 6.45) is 0.776. The number of carbonyl (C=O) groups is 2. The van der Waals surface area contributed by atoms with Crippen molar-refractivity contribution < 1.29 is 9.59 Å². The monoisotopic (exact) mass is 332 g/mol. The molecule has 0 bridgehead atoms. The second kappa shape index (κ2) is 5.56. The summed E-state index contributed by atoms with van der Waals surface area (Å²) in [7, 11) is 0. The van der Waals surface area contributed by atoms with Crippen molar-refractivity contribution >= 4 is 43.9 Å². The van der Waals surface area contributed by atoms with Gasteiger partial charge in [0.2, 0.25) is 0 Å². The molecule has 0 saturated heterocycles. The van der Waals surface area contributed by atoms with Gasteiger partial charge < -0.3 is 0 Å². The van der Waals surface area contributed by atoms with E-state index in [1.165, 1.54) is 6.92 Å². The number of benzene rings is 1. The van der Waals surface area contributed by atoms with Crippen molar-refractivity contribution in [1.82, 2.24) is 0 Å². The number of aldehydes is 1. The highest BCUT2D eigenvalue weighted by Crippen LogP contribution is 2.30. The van der Waals surface area contributed by atoms with Crippen LogP contribution >= 0.6 is 31.9 Å². The van der Waals surface area contributed by atoms with Gasteiger partial charge in [-0.05, 0) is 18.1 Å². The topological polar surface area (TPSA) is 34.1 Å². The normalized spacial score (nSPS) is 12.2. The lowest BCUT2D eigenvalue weighted by Gasteiger charge is -2.13. The number of hydrogen-bond donors (Lipinski definition) is 0. The van der Waals surface area contributed by atoms with Crippen LogP contribution in [0, 0.1) is 0 Å². The molecule has 0 radical (unpaired) electrons. The second-order valence-electron chi connectivity index (χ2n) is 3.14. The number of Topliss-reactive ketones (excluding diaryl/α,β-unsaturated/α-hetero) is 1. The first kappa shape index (κ1) is 12.6. The quantitative estimate of drug-likeness (QED) is 0.625. The highest BCUT2D eigenvalue weighted by atomic mass is 79.9. The fraction of sp³-hybridized carbons (Fsp3) is 0.273. The first-order valence-electron chi connectivity index (χ1n) is 4.39. The van der Waals surface area contributed by atoms with E-state index in [1.54, 1.807) is 6.07 Å². The van der Waals surface area contributed by atoms with Crippen LogP contribution in [0.15, 0.2) is 18.2 Å². The molecule has 15 heavy (non-hydrogen) atoms. The molecule has 0 aliphatic rings. The molecule has 0 spiro atoms. The van der Waals surface area contributed by atoms with E-state index >= 15 is 0 Å². The Kier molecular flexibility index (Phi) is 4.67. The number of alkyl halides is 2. The van der Waals surface area contributed by atoms with Gasteiger partial charge in [0.15, 0.2) is 0 Å². The Hall–Kier alpha value is -0.480. The van der Waals surface area contributed by atoms with E-state index in [0.29, 0.717) is 10.9 Å². The lowest BCUT2D eigenvalue weighted by atomic mass is 9.98. The van der Waals surface area contributed by atoms with Crippen LogP contribution in [0.4, 0.5) is 0 Å². The molecule has 0 heterocycles. The van der Waals surface area contributed by atoms with Gasteiger partial charge in [-0.15, -0.1) is 0 Å². The van der Waals surface area contributed by atoms with Gasteiger partial charge in [-0.1, -0.05) is 50.1 Å². The van der Waals surface area contributed by atoms with Gasteiger partial charge in [0.25, 0.3) is 0 Å². The Morgan fingerprint density at radius 1 is 1.53 bits per heavy atom. The van der Waals surface area contributed by atoms with Gasteiger partial charge in [0.1, 0.15) is 12.1 Å². The zero-order valence-electron chi connectivity index (χ0n) is 8.17. The molecular weight excluding hydrogens is 324 g/mol. The predicted molar refractivity (Wildman–Crippen MR) is 66.8 cm³/mol. The molecule has 2 nitrogen and oxygen atoms in total. The van der Waals surface area contributed by atoms with E-state index in [-0.39, 0.29) is 5.78 Å². The Balaban J connectivity index is 3.33. The standard InChI is InChI=1S/C11H10Br2O2/c1-7(15)11(13)10-8(5-12)3-2-4-9(10)6-14/h2-4,6,11H,5H2,1H3. The summed E-state index contributed by atoms with van der Waals surface area (Å²) in [5.74, 6) is -0.00787. The minimum Gasteiger partial charge on any atom is -0.298 e.